The standard InChI is InChI=1S/C18H26ClN3O2.ClH/c1-3-9-18(2,20)17(24)21-13-7-8-14(15(19)12-13)16(23)22-10-5-4-6-11-22;/h7-8,12H,3-6,9-11,20H2,1-2H3,(H,21,24);1H. The summed E-state index contributed by atoms with van der Waals surface area (Å²) in [4.78, 5) is 26.6. The smallest absolute Gasteiger partial charge is 0.255 e. The number of amides is 2. The minimum absolute atomic E-state index is 0. The number of likely N-dealkylation sites (tertiary alicyclic amines) is 1. The number of hydrogen-bond donors (Lipinski definition) is 2. The monoisotopic (exact) mass is 387 g/mol. The lowest BCUT2D eigenvalue weighted by Crippen LogP contribution is -2.48. The zero-order valence-corrected chi connectivity index (χ0v) is 16.4. The lowest BCUT2D eigenvalue weighted by Gasteiger charge is -2.27. The average Bonchev–Trinajstić information content (AvgIpc) is 2.55. The van der Waals surface area contributed by atoms with Crippen LogP contribution in [0.1, 0.15) is 56.3 Å². The molecule has 1 atom stereocenters. The first kappa shape index (κ1) is 21.7. The maximum absolute atomic E-state index is 12.5. The Labute approximate surface area is 160 Å². The van der Waals surface area contributed by atoms with Crippen LogP contribution in [0.15, 0.2) is 18.2 Å². The molecule has 0 radical (unpaired) electrons. The molecule has 2 amide bonds. The van der Waals surface area contributed by atoms with E-state index in [0.717, 1.165) is 38.8 Å². The zero-order valence-electron chi connectivity index (χ0n) is 14.8. The Hall–Kier alpha value is -1.30. The highest BCUT2D eigenvalue weighted by Gasteiger charge is 2.27. The lowest BCUT2D eigenvalue weighted by molar-refractivity contribution is -0.120. The van der Waals surface area contributed by atoms with Crippen molar-refractivity contribution >= 4 is 41.5 Å². The van der Waals surface area contributed by atoms with Crippen LogP contribution in [-0.4, -0.2) is 35.3 Å². The number of anilines is 1. The number of rotatable bonds is 5. The van der Waals surface area contributed by atoms with E-state index < -0.39 is 5.54 Å². The molecule has 1 heterocycles. The second-order valence-corrected chi connectivity index (χ2v) is 7.08. The van der Waals surface area contributed by atoms with Gasteiger partial charge in [0.2, 0.25) is 5.91 Å². The van der Waals surface area contributed by atoms with Crippen molar-refractivity contribution in [1.82, 2.24) is 4.90 Å². The fourth-order valence-corrected chi connectivity index (χ4v) is 3.20. The van der Waals surface area contributed by atoms with E-state index in [1.54, 1.807) is 25.1 Å². The molecular formula is C18H27Cl2N3O2. The number of nitrogens with one attached hydrogen (secondary N) is 1. The van der Waals surface area contributed by atoms with Gasteiger partial charge < -0.3 is 16.0 Å². The predicted octanol–water partition coefficient (Wildman–Crippen LogP) is 3.84. The molecule has 1 aromatic rings. The first-order chi connectivity index (χ1) is 11.3. The highest BCUT2D eigenvalue weighted by Crippen LogP contribution is 2.24. The van der Waals surface area contributed by atoms with E-state index in [1.165, 1.54) is 0 Å². The second kappa shape index (κ2) is 9.41. The van der Waals surface area contributed by atoms with Crippen LogP contribution in [0.4, 0.5) is 5.69 Å². The van der Waals surface area contributed by atoms with Crippen LogP contribution in [0.25, 0.3) is 0 Å². The number of carbonyl (C=O) groups excluding carboxylic acids is 2. The van der Waals surface area contributed by atoms with Crippen LogP contribution in [0, 0.1) is 0 Å². The van der Waals surface area contributed by atoms with Crippen molar-refractivity contribution in [1.29, 1.82) is 0 Å². The summed E-state index contributed by atoms with van der Waals surface area (Å²) in [5.41, 5.74) is 6.12. The third-order valence-corrected chi connectivity index (χ3v) is 4.70. The summed E-state index contributed by atoms with van der Waals surface area (Å²) in [7, 11) is 0. The number of carbonyl (C=O) groups is 2. The van der Waals surface area contributed by atoms with Gasteiger partial charge in [0.15, 0.2) is 0 Å². The molecule has 7 heteroatoms. The van der Waals surface area contributed by atoms with Crippen molar-refractivity contribution in [2.45, 2.75) is 51.5 Å². The molecule has 1 aliphatic heterocycles. The summed E-state index contributed by atoms with van der Waals surface area (Å²) in [5.74, 6) is -0.303. The summed E-state index contributed by atoms with van der Waals surface area (Å²) in [6.45, 7) is 5.24. The fourth-order valence-electron chi connectivity index (χ4n) is 2.94. The minimum Gasteiger partial charge on any atom is -0.339 e. The Morgan fingerprint density at radius 1 is 1.28 bits per heavy atom. The van der Waals surface area contributed by atoms with Gasteiger partial charge in [0, 0.05) is 18.8 Å². The van der Waals surface area contributed by atoms with Crippen LogP contribution in [0.2, 0.25) is 5.02 Å². The molecular weight excluding hydrogens is 361 g/mol. The van der Waals surface area contributed by atoms with E-state index in [0.29, 0.717) is 22.7 Å². The Bertz CT molecular complexity index is 614. The van der Waals surface area contributed by atoms with Crippen LogP contribution >= 0.6 is 24.0 Å². The van der Waals surface area contributed by atoms with Crippen LogP contribution in [0.5, 0.6) is 0 Å². The zero-order chi connectivity index (χ0) is 17.7. The molecule has 25 heavy (non-hydrogen) atoms. The van der Waals surface area contributed by atoms with E-state index >= 15 is 0 Å². The second-order valence-electron chi connectivity index (χ2n) is 6.67. The van der Waals surface area contributed by atoms with E-state index in [-0.39, 0.29) is 24.2 Å². The minimum atomic E-state index is -0.927. The summed E-state index contributed by atoms with van der Waals surface area (Å²) in [6, 6.07) is 4.98. The number of benzene rings is 1. The van der Waals surface area contributed by atoms with Crippen molar-refractivity contribution < 1.29 is 9.59 Å². The molecule has 1 saturated heterocycles. The number of piperidine rings is 1. The van der Waals surface area contributed by atoms with E-state index in [9.17, 15) is 9.59 Å². The maximum Gasteiger partial charge on any atom is 0.255 e. The number of hydrogen-bond acceptors (Lipinski definition) is 3. The molecule has 0 aromatic heterocycles. The topological polar surface area (TPSA) is 75.4 Å². The molecule has 1 aromatic carbocycles. The maximum atomic E-state index is 12.5. The van der Waals surface area contributed by atoms with Crippen molar-refractivity contribution in [3.63, 3.8) is 0 Å². The highest BCUT2D eigenvalue weighted by atomic mass is 35.5. The Balaban J connectivity index is 0.00000312. The van der Waals surface area contributed by atoms with Gasteiger partial charge >= 0.3 is 0 Å². The van der Waals surface area contributed by atoms with E-state index in [4.69, 9.17) is 17.3 Å². The van der Waals surface area contributed by atoms with Crippen LogP contribution in [-0.2, 0) is 4.79 Å². The summed E-state index contributed by atoms with van der Waals surface area (Å²) < 4.78 is 0. The molecule has 5 nitrogen and oxygen atoms in total. The van der Waals surface area contributed by atoms with Gasteiger partial charge in [0.1, 0.15) is 0 Å². The molecule has 2 rings (SSSR count). The van der Waals surface area contributed by atoms with Gasteiger partial charge in [-0.3, -0.25) is 9.59 Å². The quantitative estimate of drug-likeness (QED) is 0.805. The lowest BCUT2D eigenvalue weighted by atomic mass is 9.96. The summed E-state index contributed by atoms with van der Waals surface area (Å²) in [6.07, 6.45) is 4.65. The van der Waals surface area contributed by atoms with Gasteiger partial charge in [0.05, 0.1) is 16.1 Å². The molecule has 1 aliphatic rings. The van der Waals surface area contributed by atoms with Gasteiger partial charge in [-0.05, 0) is 50.8 Å². The van der Waals surface area contributed by atoms with Crippen LogP contribution < -0.4 is 11.1 Å². The first-order valence-corrected chi connectivity index (χ1v) is 8.92. The molecule has 0 saturated carbocycles. The molecule has 0 bridgehead atoms. The third-order valence-electron chi connectivity index (χ3n) is 4.39. The Morgan fingerprint density at radius 2 is 1.92 bits per heavy atom. The largest absolute Gasteiger partial charge is 0.339 e. The molecule has 0 aliphatic carbocycles. The summed E-state index contributed by atoms with van der Waals surface area (Å²) >= 11 is 6.27. The van der Waals surface area contributed by atoms with Crippen molar-refractivity contribution in [2.24, 2.45) is 5.73 Å². The van der Waals surface area contributed by atoms with Gasteiger partial charge in [-0.1, -0.05) is 24.9 Å². The third kappa shape index (κ3) is 5.59. The average molecular weight is 388 g/mol. The Morgan fingerprint density at radius 3 is 2.48 bits per heavy atom. The molecule has 3 N–H and O–H groups in total. The normalized spacial score (nSPS) is 16.6. The number of nitrogens with two attached hydrogens (primary N) is 1. The first-order valence-electron chi connectivity index (χ1n) is 8.54. The predicted molar refractivity (Wildman–Crippen MR) is 105 cm³/mol. The number of halogens is 2. The molecule has 0 spiro atoms. The van der Waals surface area contributed by atoms with Crippen molar-refractivity contribution in [3.05, 3.63) is 28.8 Å². The number of nitrogens with zero attached hydrogens (tertiary/aromatic N) is 1. The molecule has 140 valence electrons. The summed E-state index contributed by atoms with van der Waals surface area (Å²) in [5, 5.41) is 3.13. The molecule has 1 unspecified atom stereocenters. The molecule has 1 fully saturated rings. The van der Waals surface area contributed by atoms with Gasteiger partial charge in [-0.15, -0.1) is 12.4 Å². The van der Waals surface area contributed by atoms with Gasteiger partial charge in [-0.2, -0.15) is 0 Å². The van der Waals surface area contributed by atoms with E-state index in [2.05, 4.69) is 5.32 Å². The van der Waals surface area contributed by atoms with Gasteiger partial charge in [-0.25, -0.2) is 0 Å². The van der Waals surface area contributed by atoms with Gasteiger partial charge in [0.25, 0.3) is 5.91 Å². The Kier molecular flexibility index (Phi) is 8.19. The van der Waals surface area contributed by atoms with Crippen LogP contribution in [0.3, 0.4) is 0 Å². The highest BCUT2D eigenvalue weighted by molar-refractivity contribution is 6.34. The fraction of sp³-hybridized carbons (Fsp3) is 0.556. The van der Waals surface area contributed by atoms with Crippen molar-refractivity contribution in [2.75, 3.05) is 18.4 Å². The SMILES string of the molecule is CCCC(C)(N)C(=O)Nc1ccc(C(=O)N2CCCCC2)c(Cl)c1.Cl. The van der Waals surface area contributed by atoms with E-state index in [1.807, 2.05) is 11.8 Å². The van der Waals surface area contributed by atoms with Crippen molar-refractivity contribution in [3.8, 4) is 0 Å².